The molecule has 2 aromatic rings. The third-order valence-electron chi connectivity index (χ3n) is 2.07. The predicted octanol–water partition coefficient (Wildman–Crippen LogP) is 1.17. The molecule has 5 nitrogen and oxygen atoms in total. The van der Waals surface area contributed by atoms with Crippen molar-refractivity contribution in [2.45, 2.75) is 6.42 Å². The number of rotatable bonds is 3. The van der Waals surface area contributed by atoms with Crippen molar-refractivity contribution in [1.29, 1.82) is 0 Å². The fourth-order valence-electron chi connectivity index (χ4n) is 1.32. The average molecular weight is 223 g/mol. The smallest absolute Gasteiger partial charge is 0.358 e. The number of carboxylic acid groups (broad SMARTS) is 1. The average Bonchev–Trinajstić information content (AvgIpc) is 2.78. The molecule has 2 rings (SSSR count). The van der Waals surface area contributed by atoms with Crippen molar-refractivity contribution in [3.8, 4) is 0 Å². The number of carbonyl (C=O) groups is 1. The minimum atomic E-state index is -1.03. The molecule has 2 aromatic heterocycles. The molecule has 15 heavy (non-hydrogen) atoms. The molecule has 0 atom stereocenters. The number of nitrogens with zero attached hydrogens (tertiary/aromatic N) is 3. The summed E-state index contributed by atoms with van der Waals surface area (Å²) in [7, 11) is 1.70. The second-order valence-electron chi connectivity index (χ2n) is 3.07. The largest absolute Gasteiger partial charge is 0.476 e. The first-order valence-electron chi connectivity index (χ1n) is 4.32. The maximum absolute atomic E-state index is 10.9. The van der Waals surface area contributed by atoms with Gasteiger partial charge in [-0.1, -0.05) is 11.3 Å². The van der Waals surface area contributed by atoms with Crippen molar-refractivity contribution >= 4 is 17.3 Å². The van der Waals surface area contributed by atoms with Gasteiger partial charge in [0.05, 0.1) is 5.69 Å². The van der Waals surface area contributed by atoms with Gasteiger partial charge < -0.3 is 5.11 Å². The van der Waals surface area contributed by atoms with E-state index < -0.39 is 5.97 Å². The van der Waals surface area contributed by atoms with Crippen LogP contribution in [-0.4, -0.2) is 26.1 Å². The summed E-state index contributed by atoms with van der Waals surface area (Å²) in [6.07, 6.45) is 0.558. The Hall–Kier alpha value is -1.69. The lowest BCUT2D eigenvalue weighted by Crippen LogP contribution is -2.05. The van der Waals surface area contributed by atoms with Crippen LogP contribution in [0.3, 0.4) is 0 Å². The topological polar surface area (TPSA) is 68.0 Å². The van der Waals surface area contributed by atoms with Crippen LogP contribution in [0.2, 0.25) is 0 Å². The molecule has 0 radical (unpaired) electrons. The molecule has 0 amide bonds. The van der Waals surface area contributed by atoms with Gasteiger partial charge >= 0.3 is 5.97 Å². The van der Waals surface area contributed by atoms with Crippen molar-refractivity contribution in [1.82, 2.24) is 15.0 Å². The molecule has 0 spiro atoms. The van der Waals surface area contributed by atoms with E-state index in [0.717, 1.165) is 4.88 Å². The van der Waals surface area contributed by atoms with Gasteiger partial charge in [0, 0.05) is 18.3 Å². The highest BCUT2D eigenvalue weighted by molar-refractivity contribution is 7.09. The molecule has 0 bridgehead atoms. The Morgan fingerprint density at radius 3 is 3.07 bits per heavy atom. The van der Waals surface area contributed by atoms with E-state index in [9.17, 15) is 4.79 Å². The lowest BCUT2D eigenvalue weighted by atomic mass is 10.2. The summed E-state index contributed by atoms with van der Waals surface area (Å²) >= 11 is 1.59. The van der Waals surface area contributed by atoms with Crippen LogP contribution in [0.4, 0.5) is 0 Å². The first-order chi connectivity index (χ1) is 7.18. The first-order valence-corrected chi connectivity index (χ1v) is 5.20. The molecule has 6 heteroatoms. The number of hydrogen-bond acceptors (Lipinski definition) is 4. The van der Waals surface area contributed by atoms with Crippen molar-refractivity contribution < 1.29 is 9.90 Å². The van der Waals surface area contributed by atoms with Gasteiger partial charge in [-0.25, -0.2) is 4.79 Å². The minimum absolute atomic E-state index is 0.0332. The zero-order valence-electron chi connectivity index (χ0n) is 8.04. The zero-order chi connectivity index (χ0) is 10.8. The third-order valence-corrected chi connectivity index (χ3v) is 2.94. The second-order valence-corrected chi connectivity index (χ2v) is 4.10. The number of aryl methyl sites for hydroxylation is 1. The van der Waals surface area contributed by atoms with Gasteiger partial charge in [-0.05, 0) is 11.4 Å². The summed E-state index contributed by atoms with van der Waals surface area (Å²) in [5.41, 5.74) is 0.663. The van der Waals surface area contributed by atoms with Crippen LogP contribution in [0.25, 0.3) is 0 Å². The Morgan fingerprint density at radius 1 is 1.67 bits per heavy atom. The fraction of sp³-hybridized carbons (Fsp3) is 0.222. The van der Waals surface area contributed by atoms with Gasteiger partial charge in [0.1, 0.15) is 0 Å². The second kappa shape index (κ2) is 3.82. The molecular formula is C9H9N3O2S. The number of aromatic carboxylic acids is 1. The number of carboxylic acids is 1. The lowest BCUT2D eigenvalue weighted by molar-refractivity contribution is 0.0689. The molecule has 0 aliphatic heterocycles. The van der Waals surface area contributed by atoms with Crippen LogP contribution in [0.5, 0.6) is 0 Å². The van der Waals surface area contributed by atoms with E-state index in [1.807, 2.05) is 17.5 Å². The van der Waals surface area contributed by atoms with E-state index in [4.69, 9.17) is 5.11 Å². The highest BCUT2D eigenvalue weighted by Gasteiger charge is 2.17. The van der Waals surface area contributed by atoms with Crippen molar-refractivity contribution in [2.24, 2.45) is 7.05 Å². The fourth-order valence-corrected chi connectivity index (χ4v) is 2.03. The minimum Gasteiger partial charge on any atom is -0.476 e. The molecule has 0 aliphatic carbocycles. The molecule has 1 N–H and O–H groups in total. The third kappa shape index (κ3) is 1.89. The van der Waals surface area contributed by atoms with Crippen molar-refractivity contribution in [3.05, 3.63) is 33.8 Å². The Kier molecular flexibility index (Phi) is 2.51. The number of thiophene rings is 1. The monoisotopic (exact) mass is 223 g/mol. The molecule has 0 saturated carbocycles. The Morgan fingerprint density at radius 2 is 2.47 bits per heavy atom. The SMILES string of the molecule is Cn1nnc(C(=O)O)c1Cc1cccs1. The van der Waals surface area contributed by atoms with Gasteiger partial charge in [-0.15, -0.1) is 16.4 Å². The molecule has 0 unspecified atom stereocenters. The molecule has 2 heterocycles. The Bertz CT molecular complexity index is 476. The van der Waals surface area contributed by atoms with E-state index in [-0.39, 0.29) is 5.69 Å². The van der Waals surface area contributed by atoms with Crippen LogP contribution in [0.1, 0.15) is 21.1 Å². The van der Waals surface area contributed by atoms with Crippen LogP contribution in [-0.2, 0) is 13.5 Å². The van der Waals surface area contributed by atoms with Crippen LogP contribution in [0, 0.1) is 0 Å². The summed E-state index contributed by atoms with van der Waals surface area (Å²) in [5, 5.41) is 18.2. The highest BCUT2D eigenvalue weighted by Crippen LogP contribution is 2.16. The molecule has 78 valence electrons. The Balaban J connectivity index is 2.35. The summed E-state index contributed by atoms with van der Waals surface area (Å²) in [6, 6.07) is 3.90. The predicted molar refractivity (Wildman–Crippen MR) is 55.1 cm³/mol. The highest BCUT2D eigenvalue weighted by atomic mass is 32.1. The van der Waals surface area contributed by atoms with E-state index in [2.05, 4.69) is 10.3 Å². The van der Waals surface area contributed by atoms with Crippen LogP contribution in [0.15, 0.2) is 17.5 Å². The van der Waals surface area contributed by atoms with E-state index in [0.29, 0.717) is 12.1 Å². The molecule has 0 aliphatic rings. The van der Waals surface area contributed by atoms with Crippen LogP contribution >= 0.6 is 11.3 Å². The van der Waals surface area contributed by atoms with Crippen molar-refractivity contribution in [3.63, 3.8) is 0 Å². The summed E-state index contributed by atoms with van der Waals surface area (Å²) in [6.45, 7) is 0. The van der Waals surface area contributed by atoms with E-state index >= 15 is 0 Å². The van der Waals surface area contributed by atoms with Gasteiger partial charge in [-0.2, -0.15) is 0 Å². The number of aromatic nitrogens is 3. The van der Waals surface area contributed by atoms with Gasteiger partial charge in [0.25, 0.3) is 0 Å². The summed E-state index contributed by atoms with van der Waals surface area (Å²) in [4.78, 5) is 12.0. The van der Waals surface area contributed by atoms with E-state index in [1.165, 1.54) is 4.68 Å². The van der Waals surface area contributed by atoms with Gasteiger partial charge in [0.2, 0.25) is 0 Å². The lowest BCUT2D eigenvalue weighted by Gasteiger charge is -1.99. The maximum Gasteiger partial charge on any atom is 0.358 e. The molecule has 0 saturated heterocycles. The van der Waals surface area contributed by atoms with Crippen LogP contribution < -0.4 is 0 Å². The molecule has 0 aromatic carbocycles. The van der Waals surface area contributed by atoms with E-state index in [1.54, 1.807) is 18.4 Å². The zero-order valence-corrected chi connectivity index (χ0v) is 8.86. The Labute approximate surface area is 90.0 Å². The molecule has 0 fully saturated rings. The quantitative estimate of drug-likeness (QED) is 0.848. The normalized spacial score (nSPS) is 10.5. The maximum atomic E-state index is 10.9. The van der Waals surface area contributed by atoms with Gasteiger partial charge in [-0.3, -0.25) is 4.68 Å². The van der Waals surface area contributed by atoms with Gasteiger partial charge in [0.15, 0.2) is 5.69 Å². The standard InChI is InChI=1S/C9H9N3O2S/c1-12-7(5-6-3-2-4-15-6)8(9(13)14)10-11-12/h2-4H,5H2,1H3,(H,13,14). The molecular weight excluding hydrogens is 214 g/mol. The summed E-state index contributed by atoms with van der Waals surface area (Å²) in [5.74, 6) is -1.03. The summed E-state index contributed by atoms with van der Waals surface area (Å²) < 4.78 is 1.50. The first kappa shape index (κ1) is 9.85. The van der Waals surface area contributed by atoms with Crippen molar-refractivity contribution in [2.75, 3.05) is 0 Å². The number of hydrogen-bond donors (Lipinski definition) is 1.